The molecule has 1 heterocycles. The van der Waals surface area contributed by atoms with Gasteiger partial charge in [-0.25, -0.2) is 9.36 Å². The first-order valence-corrected chi connectivity index (χ1v) is 4.10. The van der Waals surface area contributed by atoms with Crippen molar-refractivity contribution < 1.29 is 13.2 Å². The van der Waals surface area contributed by atoms with E-state index in [0.29, 0.717) is 0 Å². The maximum absolute atomic E-state index is 11.9. The molecule has 0 bridgehead atoms. The van der Waals surface area contributed by atoms with E-state index >= 15 is 0 Å². The van der Waals surface area contributed by atoms with Gasteiger partial charge in [0.1, 0.15) is 0 Å². The highest BCUT2D eigenvalue weighted by Crippen LogP contribution is 2.21. The molecule has 0 aromatic carbocycles. The third-order valence-corrected chi connectivity index (χ3v) is 1.84. The number of imidazole rings is 1. The number of aromatic amines is 1. The Hall–Kier alpha value is -0.850. The van der Waals surface area contributed by atoms with Gasteiger partial charge in [-0.2, -0.15) is 0 Å². The lowest BCUT2D eigenvalue weighted by Gasteiger charge is -2.03. The number of alkyl halides is 3. The van der Waals surface area contributed by atoms with Crippen molar-refractivity contribution >= 4 is 11.8 Å². The van der Waals surface area contributed by atoms with Gasteiger partial charge in [0.05, 0.1) is 5.03 Å². The van der Waals surface area contributed by atoms with E-state index in [1.165, 1.54) is 0 Å². The van der Waals surface area contributed by atoms with Gasteiger partial charge in [-0.15, -0.1) is 24.9 Å². The predicted octanol–water partition coefficient (Wildman–Crippen LogP) is 1.37. The molecule has 1 aromatic rings. The number of halogens is 3. The van der Waals surface area contributed by atoms with E-state index in [9.17, 15) is 18.0 Å². The van der Waals surface area contributed by atoms with Gasteiger partial charge < -0.3 is 4.98 Å². The number of nitrogens with one attached hydrogen (secondary N) is 1. The van der Waals surface area contributed by atoms with E-state index in [4.69, 9.17) is 0 Å². The summed E-state index contributed by atoms with van der Waals surface area (Å²) in [5.74, 6) is 0. The second-order valence-electron chi connectivity index (χ2n) is 1.97. The van der Waals surface area contributed by atoms with E-state index < -0.39 is 12.0 Å². The Labute approximate surface area is 69.6 Å². The van der Waals surface area contributed by atoms with Gasteiger partial charge in [0.15, 0.2) is 0 Å². The Morgan fingerprint density at radius 2 is 2.17 bits per heavy atom. The summed E-state index contributed by atoms with van der Waals surface area (Å²) >= 11 is 1.04. The fraction of sp³-hybridized carbons (Fsp3) is 0.400. The molecule has 0 amide bonds. The SMILES string of the molecule is CSc1cn(C(F)(F)F)c(=O)[nH]1. The Balaban J connectivity index is 3.17. The second kappa shape index (κ2) is 2.89. The third kappa shape index (κ3) is 1.66. The van der Waals surface area contributed by atoms with E-state index in [-0.39, 0.29) is 9.59 Å². The first-order chi connectivity index (χ1) is 5.45. The number of aromatic nitrogens is 2. The van der Waals surface area contributed by atoms with Crippen molar-refractivity contribution in [2.75, 3.05) is 6.26 Å². The summed E-state index contributed by atoms with van der Waals surface area (Å²) in [4.78, 5) is 12.7. The van der Waals surface area contributed by atoms with E-state index in [0.717, 1.165) is 18.0 Å². The predicted molar refractivity (Wildman–Crippen MR) is 38.1 cm³/mol. The van der Waals surface area contributed by atoms with Crippen molar-refractivity contribution in [3.8, 4) is 0 Å². The molecule has 3 nitrogen and oxygen atoms in total. The molecule has 0 radical (unpaired) electrons. The maximum atomic E-state index is 11.9. The Bertz CT molecular complexity index is 326. The summed E-state index contributed by atoms with van der Waals surface area (Å²) in [7, 11) is 0. The first-order valence-electron chi connectivity index (χ1n) is 2.88. The molecule has 1 aromatic heterocycles. The number of hydrogen-bond donors (Lipinski definition) is 1. The molecule has 0 aliphatic carbocycles. The van der Waals surface area contributed by atoms with Crippen LogP contribution in [0.1, 0.15) is 0 Å². The lowest BCUT2D eigenvalue weighted by molar-refractivity contribution is -0.206. The molecule has 0 spiro atoms. The molecular formula is C5H5F3N2OS. The smallest absolute Gasteiger partial charge is 0.300 e. The highest BCUT2D eigenvalue weighted by atomic mass is 32.2. The van der Waals surface area contributed by atoms with E-state index in [1.807, 2.05) is 0 Å². The van der Waals surface area contributed by atoms with Crippen molar-refractivity contribution in [2.24, 2.45) is 0 Å². The first kappa shape index (κ1) is 9.24. The van der Waals surface area contributed by atoms with Crippen LogP contribution in [0.25, 0.3) is 0 Å². The van der Waals surface area contributed by atoms with Crippen LogP contribution in [0.3, 0.4) is 0 Å². The van der Waals surface area contributed by atoms with Crippen LogP contribution >= 0.6 is 11.8 Å². The molecule has 1 N–H and O–H groups in total. The average molecular weight is 198 g/mol. The van der Waals surface area contributed by atoms with Crippen LogP contribution in [0.2, 0.25) is 0 Å². The zero-order valence-electron chi connectivity index (χ0n) is 5.97. The Morgan fingerprint density at radius 3 is 2.42 bits per heavy atom. The molecule has 0 unspecified atom stereocenters. The summed E-state index contributed by atoms with van der Waals surface area (Å²) in [6.45, 7) is 0. The molecule has 0 saturated heterocycles. The van der Waals surface area contributed by atoms with Crippen molar-refractivity contribution in [3.05, 3.63) is 16.7 Å². The van der Waals surface area contributed by atoms with Crippen LogP contribution in [0.15, 0.2) is 16.0 Å². The van der Waals surface area contributed by atoms with E-state index in [1.54, 1.807) is 6.26 Å². The summed E-state index contributed by atoms with van der Waals surface area (Å²) < 4.78 is 35.5. The standard InChI is InChI=1S/C5H5F3N2OS/c1-12-3-2-10(4(11)9-3)5(6,7)8/h2H,1H3,(H,9,11). The fourth-order valence-corrected chi connectivity index (χ4v) is 1.07. The Kier molecular flexibility index (Phi) is 2.22. The quantitative estimate of drug-likeness (QED) is 0.692. The molecule has 0 fully saturated rings. The van der Waals surface area contributed by atoms with Crippen molar-refractivity contribution in [3.63, 3.8) is 0 Å². The summed E-state index contributed by atoms with van der Waals surface area (Å²) in [5.41, 5.74) is -1.16. The van der Waals surface area contributed by atoms with Crippen LogP contribution in [-0.4, -0.2) is 15.8 Å². The molecule has 0 atom stereocenters. The van der Waals surface area contributed by atoms with Crippen molar-refractivity contribution in [2.45, 2.75) is 11.3 Å². The number of rotatable bonds is 1. The Morgan fingerprint density at radius 1 is 1.58 bits per heavy atom. The second-order valence-corrected chi connectivity index (χ2v) is 2.81. The van der Waals surface area contributed by atoms with Crippen molar-refractivity contribution in [1.82, 2.24) is 9.55 Å². The van der Waals surface area contributed by atoms with E-state index in [2.05, 4.69) is 4.98 Å². The topological polar surface area (TPSA) is 37.8 Å². The largest absolute Gasteiger partial charge is 0.492 e. The third-order valence-electron chi connectivity index (χ3n) is 1.19. The molecule has 68 valence electrons. The fourth-order valence-electron chi connectivity index (χ4n) is 0.666. The maximum Gasteiger partial charge on any atom is 0.492 e. The molecule has 0 saturated carbocycles. The van der Waals surface area contributed by atoms with Crippen LogP contribution in [0, 0.1) is 0 Å². The van der Waals surface area contributed by atoms with Crippen LogP contribution in [0.5, 0.6) is 0 Å². The highest BCUT2D eigenvalue weighted by Gasteiger charge is 2.32. The van der Waals surface area contributed by atoms with Crippen LogP contribution < -0.4 is 5.69 Å². The zero-order valence-corrected chi connectivity index (χ0v) is 6.79. The van der Waals surface area contributed by atoms with Gasteiger partial charge in [0.25, 0.3) is 0 Å². The zero-order chi connectivity index (χ0) is 9.35. The molecule has 12 heavy (non-hydrogen) atoms. The summed E-state index contributed by atoms with van der Waals surface area (Å²) in [6, 6.07) is 0. The number of H-pyrrole nitrogens is 1. The van der Waals surface area contributed by atoms with Gasteiger partial charge in [-0.1, -0.05) is 0 Å². The van der Waals surface area contributed by atoms with Gasteiger partial charge in [-0.3, -0.25) is 0 Å². The van der Waals surface area contributed by atoms with Gasteiger partial charge in [0, 0.05) is 6.20 Å². The molecular weight excluding hydrogens is 193 g/mol. The van der Waals surface area contributed by atoms with Gasteiger partial charge >= 0.3 is 12.0 Å². The average Bonchev–Trinajstić information content (AvgIpc) is 2.29. The summed E-state index contributed by atoms with van der Waals surface area (Å²) in [6.07, 6.45) is -2.33. The van der Waals surface area contributed by atoms with Crippen molar-refractivity contribution in [1.29, 1.82) is 0 Å². The highest BCUT2D eigenvalue weighted by molar-refractivity contribution is 7.98. The molecule has 1 rings (SSSR count). The van der Waals surface area contributed by atoms with Crippen LogP contribution in [-0.2, 0) is 6.30 Å². The number of thioether (sulfide) groups is 1. The summed E-state index contributed by atoms with van der Waals surface area (Å²) in [5, 5.41) is 0.192. The number of nitrogens with zero attached hydrogens (tertiary/aromatic N) is 1. The number of hydrogen-bond acceptors (Lipinski definition) is 2. The van der Waals surface area contributed by atoms with Crippen LogP contribution in [0.4, 0.5) is 13.2 Å². The van der Waals surface area contributed by atoms with Gasteiger partial charge in [0.2, 0.25) is 0 Å². The molecule has 0 aliphatic rings. The lowest BCUT2D eigenvalue weighted by atomic mass is 10.9. The minimum Gasteiger partial charge on any atom is -0.300 e. The minimum absolute atomic E-state index is 0.192. The normalized spacial score (nSPS) is 12.0. The molecule has 7 heteroatoms. The lowest BCUT2D eigenvalue weighted by Crippen LogP contribution is -2.27. The minimum atomic E-state index is -4.64. The van der Waals surface area contributed by atoms with Gasteiger partial charge in [-0.05, 0) is 6.26 Å². The molecule has 0 aliphatic heterocycles. The monoisotopic (exact) mass is 198 g/mol.